The molecule has 0 spiro atoms. The lowest BCUT2D eigenvalue weighted by Gasteiger charge is -2.40. The molecule has 2 aromatic rings. The van der Waals surface area contributed by atoms with E-state index >= 15 is 0 Å². The lowest BCUT2D eigenvalue weighted by molar-refractivity contribution is -0.178. The van der Waals surface area contributed by atoms with Crippen LogP contribution in [0.2, 0.25) is 0 Å². The van der Waals surface area contributed by atoms with Crippen LogP contribution in [0.5, 0.6) is 0 Å². The topological polar surface area (TPSA) is 109 Å². The summed E-state index contributed by atoms with van der Waals surface area (Å²) < 4.78 is 40.5. The minimum atomic E-state index is -4.47. The van der Waals surface area contributed by atoms with Crippen LogP contribution in [-0.4, -0.2) is 59.1 Å². The molecule has 1 aliphatic heterocycles. The number of nitrogens with one attached hydrogen (secondary N) is 1. The van der Waals surface area contributed by atoms with Gasteiger partial charge in [0.05, 0.1) is 23.6 Å². The third-order valence-corrected chi connectivity index (χ3v) is 4.94. The monoisotopic (exact) mass is 408 g/mol. The molecule has 10 heteroatoms. The maximum atomic E-state index is 13.5. The molecule has 2 heterocycles. The first-order chi connectivity index (χ1) is 13.7. The van der Waals surface area contributed by atoms with E-state index in [0.717, 1.165) is 0 Å². The normalized spacial score (nSPS) is 20.9. The van der Waals surface area contributed by atoms with Crippen molar-refractivity contribution in [3.8, 4) is 6.07 Å². The zero-order valence-corrected chi connectivity index (χ0v) is 15.2. The molecule has 1 aliphatic rings. The number of fused-ring (bicyclic) bond motifs is 1. The van der Waals surface area contributed by atoms with Crippen LogP contribution in [0, 0.1) is 17.2 Å². The number of amides is 1. The van der Waals surface area contributed by atoms with Crippen molar-refractivity contribution in [1.82, 2.24) is 10.3 Å². The number of hydrogen-bond acceptors (Lipinski definition) is 6. The minimum Gasteiger partial charge on any atom is -0.393 e. The minimum absolute atomic E-state index is 0.0758. The average molecular weight is 408 g/mol. The number of nitrogens with zero attached hydrogens (tertiary/aromatic N) is 3. The third kappa shape index (κ3) is 4.41. The number of pyridine rings is 1. The first-order valence-electron chi connectivity index (χ1n) is 8.93. The van der Waals surface area contributed by atoms with E-state index in [9.17, 15) is 28.3 Å². The number of aliphatic hydroxyl groups excluding tert-OH is 2. The molecule has 154 valence electrons. The van der Waals surface area contributed by atoms with Crippen LogP contribution in [-0.2, 0) is 4.79 Å². The maximum Gasteiger partial charge on any atom is 0.393 e. The predicted octanol–water partition coefficient (Wildman–Crippen LogP) is 1.33. The van der Waals surface area contributed by atoms with Gasteiger partial charge in [0.2, 0.25) is 0 Å². The molecular formula is C19H19F3N4O3. The number of nitriles is 1. The van der Waals surface area contributed by atoms with Crippen molar-refractivity contribution in [2.24, 2.45) is 5.92 Å². The zero-order valence-electron chi connectivity index (χ0n) is 15.2. The predicted molar refractivity (Wildman–Crippen MR) is 97.9 cm³/mol. The summed E-state index contributed by atoms with van der Waals surface area (Å²) in [5, 5.41) is 30.5. The molecule has 0 bridgehead atoms. The number of carbonyl (C=O) groups is 1. The van der Waals surface area contributed by atoms with Gasteiger partial charge in [0.15, 0.2) is 6.10 Å². The molecule has 1 fully saturated rings. The summed E-state index contributed by atoms with van der Waals surface area (Å²) in [6, 6.07) is 7.52. The maximum absolute atomic E-state index is 13.5. The Morgan fingerprint density at radius 2 is 2.14 bits per heavy atom. The molecule has 0 radical (unpaired) electrons. The van der Waals surface area contributed by atoms with Gasteiger partial charge in [-0.15, -0.1) is 0 Å². The van der Waals surface area contributed by atoms with Crippen molar-refractivity contribution >= 4 is 22.5 Å². The van der Waals surface area contributed by atoms with E-state index < -0.39 is 36.8 Å². The van der Waals surface area contributed by atoms with Gasteiger partial charge in [-0.25, -0.2) is 0 Å². The van der Waals surface area contributed by atoms with Crippen molar-refractivity contribution in [2.45, 2.75) is 24.7 Å². The van der Waals surface area contributed by atoms with Gasteiger partial charge in [-0.05, 0) is 30.7 Å². The van der Waals surface area contributed by atoms with Crippen LogP contribution >= 0.6 is 0 Å². The summed E-state index contributed by atoms with van der Waals surface area (Å²) >= 11 is 0. The number of rotatable bonds is 4. The summed E-state index contributed by atoms with van der Waals surface area (Å²) in [4.78, 5) is 17.5. The molecule has 1 amide bonds. The number of benzene rings is 1. The number of aliphatic hydroxyl groups is 2. The highest BCUT2D eigenvalue weighted by atomic mass is 19.4. The Morgan fingerprint density at radius 1 is 1.38 bits per heavy atom. The Labute approximate surface area is 164 Å². The van der Waals surface area contributed by atoms with Crippen molar-refractivity contribution in [3.63, 3.8) is 0 Å². The summed E-state index contributed by atoms with van der Waals surface area (Å²) in [5.74, 6) is -2.62. The molecule has 1 aromatic heterocycles. The summed E-state index contributed by atoms with van der Waals surface area (Å²) in [6.45, 7) is -1.06. The zero-order chi connectivity index (χ0) is 21.2. The number of carbonyl (C=O) groups excluding carboxylic acids is 1. The first kappa shape index (κ1) is 20.8. The van der Waals surface area contributed by atoms with E-state index in [1.807, 2.05) is 6.07 Å². The van der Waals surface area contributed by atoms with E-state index in [1.165, 1.54) is 17.2 Å². The third-order valence-electron chi connectivity index (χ3n) is 4.94. The fraction of sp³-hybridized carbons (Fsp3) is 0.421. The highest BCUT2D eigenvalue weighted by Gasteiger charge is 2.45. The fourth-order valence-electron chi connectivity index (χ4n) is 3.54. The van der Waals surface area contributed by atoms with Crippen LogP contribution in [0.3, 0.4) is 0 Å². The number of piperidine rings is 1. The molecule has 29 heavy (non-hydrogen) atoms. The second-order valence-corrected chi connectivity index (χ2v) is 6.93. The highest BCUT2D eigenvalue weighted by Crippen LogP contribution is 2.37. The number of aromatic nitrogens is 1. The van der Waals surface area contributed by atoms with Crippen molar-refractivity contribution in [3.05, 3.63) is 36.0 Å². The van der Waals surface area contributed by atoms with E-state index in [1.54, 1.807) is 18.2 Å². The Morgan fingerprint density at radius 3 is 2.79 bits per heavy atom. The molecule has 7 nitrogen and oxygen atoms in total. The first-order valence-corrected chi connectivity index (χ1v) is 8.93. The fourth-order valence-corrected chi connectivity index (χ4v) is 3.54. The lowest BCUT2D eigenvalue weighted by atomic mass is 9.92. The molecule has 1 saturated heterocycles. The van der Waals surface area contributed by atoms with Gasteiger partial charge in [-0.3, -0.25) is 9.78 Å². The SMILES string of the molecule is N#Cc1ccc(N2C[C@H](NC(=O)C(O)CO)C[C@H](C(F)(F)F)C2)c2cccnc12. The second-order valence-electron chi connectivity index (χ2n) is 6.93. The van der Waals surface area contributed by atoms with Crippen LogP contribution in [0.25, 0.3) is 10.9 Å². The standard InChI is InChI=1S/C19H19F3N4O3/c20-19(21,22)12-6-13(25-18(29)16(28)10-27)9-26(8-12)15-4-3-11(7-23)17-14(15)2-1-5-24-17/h1-5,12-13,16,27-28H,6,8-10H2,(H,25,29)/t12-,13+,16?/m0/s1. The van der Waals surface area contributed by atoms with E-state index in [0.29, 0.717) is 22.2 Å². The molecule has 1 aromatic carbocycles. The molecule has 0 aliphatic carbocycles. The van der Waals surface area contributed by atoms with Crippen molar-refractivity contribution < 1.29 is 28.2 Å². The van der Waals surface area contributed by atoms with Crippen LogP contribution in [0.4, 0.5) is 18.9 Å². The van der Waals surface area contributed by atoms with Crippen LogP contribution < -0.4 is 10.2 Å². The van der Waals surface area contributed by atoms with Gasteiger partial charge in [0.1, 0.15) is 6.07 Å². The molecule has 3 rings (SSSR count). The molecular weight excluding hydrogens is 389 g/mol. The Bertz CT molecular complexity index is 944. The Hall–Kier alpha value is -2.90. The quantitative estimate of drug-likeness (QED) is 0.704. The van der Waals surface area contributed by atoms with Crippen LogP contribution in [0.15, 0.2) is 30.5 Å². The molecule has 0 saturated carbocycles. The number of halogens is 3. The van der Waals surface area contributed by atoms with Gasteiger partial charge in [0, 0.05) is 36.4 Å². The van der Waals surface area contributed by atoms with Gasteiger partial charge in [-0.1, -0.05) is 0 Å². The van der Waals surface area contributed by atoms with Crippen molar-refractivity contribution in [2.75, 3.05) is 24.6 Å². The lowest BCUT2D eigenvalue weighted by Crippen LogP contribution is -2.55. The van der Waals surface area contributed by atoms with Gasteiger partial charge >= 0.3 is 6.18 Å². The molecule has 3 atom stereocenters. The average Bonchev–Trinajstić information content (AvgIpc) is 2.71. The van der Waals surface area contributed by atoms with E-state index in [2.05, 4.69) is 10.3 Å². The Kier molecular flexibility index (Phi) is 5.91. The van der Waals surface area contributed by atoms with Gasteiger partial charge in [0.25, 0.3) is 5.91 Å². The van der Waals surface area contributed by atoms with E-state index in [-0.39, 0.29) is 19.5 Å². The van der Waals surface area contributed by atoms with Crippen LogP contribution in [0.1, 0.15) is 12.0 Å². The summed E-state index contributed by atoms with van der Waals surface area (Å²) in [6.07, 6.45) is -5.01. The second kappa shape index (κ2) is 8.23. The van der Waals surface area contributed by atoms with E-state index in [4.69, 9.17) is 5.11 Å². The summed E-state index contributed by atoms with van der Waals surface area (Å²) in [5.41, 5.74) is 1.17. The van der Waals surface area contributed by atoms with Gasteiger partial charge < -0.3 is 20.4 Å². The largest absolute Gasteiger partial charge is 0.393 e. The highest BCUT2D eigenvalue weighted by molar-refractivity contribution is 5.95. The number of anilines is 1. The summed E-state index contributed by atoms with van der Waals surface area (Å²) in [7, 11) is 0. The number of alkyl halides is 3. The molecule has 3 N–H and O–H groups in total. The van der Waals surface area contributed by atoms with Gasteiger partial charge in [-0.2, -0.15) is 18.4 Å². The van der Waals surface area contributed by atoms with Crippen molar-refractivity contribution in [1.29, 1.82) is 5.26 Å². The Balaban J connectivity index is 1.96. The molecule has 1 unspecified atom stereocenters. The smallest absolute Gasteiger partial charge is 0.393 e. The number of hydrogen-bond donors (Lipinski definition) is 3.